The molecule has 18 heavy (non-hydrogen) atoms. The van der Waals surface area contributed by atoms with Crippen molar-refractivity contribution in [2.75, 3.05) is 26.3 Å². The molecular weight excluding hydrogens is 234 g/mol. The number of carbonyl (C=O) groups excluding carboxylic acids is 1. The first-order valence-electron chi connectivity index (χ1n) is 5.71. The molecule has 6 heteroatoms. The number of pyridine rings is 1. The highest BCUT2D eigenvalue weighted by Gasteiger charge is 2.17. The smallest absolute Gasteiger partial charge is 0.274 e. The van der Waals surface area contributed by atoms with Gasteiger partial charge in [0.1, 0.15) is 11.3 Å². The van der Waals surface area contributed by atoms with Crippen LogP contribution in [0, 0.1) is 0 Å². The topological polar surface area (TPSA) is 78.1 Å². The largest absolute Gasteiger partial charge is 0.395 e. The summed E-state index contributed by atoms with van der Waals surface area (Å²) in [5.74, 6) is -0.290. The van der Waals surface area contributed by atoms with Crippen molar-refractivity contribution in [3.63, 3.8) is 0 Å². The molecule has 2 N–H and O–H groups in total. The van der Waals surface area contributed by atoms with Crippen molar-refractivity contribution in [2.24, 2.45) is 0 Å². The summed E-state index contributed by atoms with van der Waals surface area (Å²) in [6, 6.07) is 5.50. The van der Waals surface area contributed by atoms with Gasteiger partial charge >= 0.3 is 0 Å². The molecule has 0 aliphatic heterocycles. The molecular formula is C12H15N3O3. The van der Waals surface area contributed by atoms with E-state index in [4.69, 9.17) is 10.2 Å². The number of hydrogen-bond acceptors (Lipinski definition) is 4. The molecule has 0 aliphatic carbocycles. The van der Waals surface area contributed by atoms with Crippen LogP contribution < -0.4 is 0 Å². The number of aliphatic hydroxyl groups excluding tert-OH is 2. The molecule has 0 saturated carbocycles. The Morgan fingerprint density at radius 2 is 2.00 bits per heavy atom. The van der Waals surface area contributed by atoms with Crippen molar-refractivity contribution in [1.29, 1.82) is 0 Å². The molecule has 0 aliphatic rings. The van der Waals surface area contributed by atoms with E-state index in [9.17, 15) is 4.79 Å². The average molecular weight is 249 g/mol. The zero-order valence-electron chi connectivity index (χ0n) is 9.86. The number of amides is 1. The predicted octanol–water partition coefficient (Wildman–Crippen LogP) is -0.239. The minimum atomic E-state index is -0.290. The fourth-order valence-corrected chi connectivity index (χ4v) is 1.76. The SMILES string of the molecule is O=C(c1cn2ccccc2n1)N(CCO)CCO. The van der Waals surface area contributed by atoms with Gasteiger partial charge in [-0.25, -0.2) is 4.98 Å². The second kappa shape index (κ2) is 5.61. The molecule has 0 bridgehead atoms. The molecule has 2 rings (SSSR count). The number of aliphatic hydroxyl groups is 2. The lowest BCUT2D eigenvalue weighted by molar-refractivity contribution is 0.0679. The third kappa shape index (κ3) is 2.49. The van der Waals surface area contributed by atoms with E-state index in [1.165, 1.54) is 4.90 Å². The maximum absolute atomic E-state index is 12.1. The van der Waals surface area contributed by atoms with Gasteiger partial charge in [-0.1, -0.05) is 6.07 Å². The Kier molecular flexibility index (Phi) is 3.91. The van der Waals surface area contributed by atoms with Gasteiger partial charge in [0.25, 0.3) is 5.91 Å². The molecule has 0 saturated heterocycles. The van der Waals surface area contributed by atoms with Gasteiger partial charge in [-0.2, -0.15) is 0 Å². The van der Waals surface area contributed by atoms with E-state index in [0.717, 1.165) is 0 Å². The number of imidazole rings is 1. The van der Waals surface area contributed by atoms with Crippen LogP contribution in [0.4, 0.5) is 0 Å². The minimum absolute atomic E-state index is 0.140. The number of carbonyl (C=O) groups is 1. The maximum Gasteiger partial charge on any atom is 0.274 e. The van der Waals surface area contributed by atoms with Gasteiger partial charge in [0, 0.05) is 25.5 Å². The number of rotatable bonds is 5. The van der Waals surface area contributed by atoms with Gasteiger partial charge in [0.15, 0.2) is 0 Å². The summed E-state index contributed by atoms with van der Waals surface area (Å²) in [7, 11) is 0. The van der Waals surface area contributed by atoms with Crippen molar-refractivity contribution in [3.8, 4) is 0 Å². The Balaban J connectivity index is 2.25. The van der Waals surface area contributed by atoms with Gasteiger partial charge in [-0.15, -0.1) is 0 Å². The van der Waals surface area contributed by atoms with E-state index < -0.39 is 0 Å². The fraction of sp³-hybridized carbons (Fsp3) is 0.333. The van der Waals surface area contributed by atoms with Gasteiger partial charge in [0.2, 0.25) is 0 Å². The van der Waals surface area contributed by atoms with Crippen LogP contribution in [0.5, 0.6) is 0 Å². The molecule has 1 amide bonds. The lowest BCUT2D eigenvalue weighted by Crippen LogP contribution is -2.36. The predicted molar refractivity (Wildman–Crippen MR) is 65.3 cm³/mol. The Morgan fingerprint density at radius 3 is 2.61 bits per heavy atom. The van der Waals surface area contributed by atoms with Crippen LogP contribution in [0.25, 0.3) is 5.65 Å². The Bertz CT molecular complexity index is 499. The molecule has 0 spiro atoms. The van der Waals surface area contributed by atoms with Crippen molar-refractivity contribution in [3.05, 3.63) is 36.3 Å². The molecule has 0 aromatic carbocycles. The first-order valence-corrected chi connectivity index (χ1v) is 5.71. The number of fused-ring (bicyclic) bond motifs is 1. The van der Waals surface area contributed by atoms with Crippen molar-refractivity contribution in [2.45, 2.75) is 0 Å². The normalized spacial score (nSPS) is 10.8. The van der Waals surface area contributed by atoms with E-state index in [2.05, 4.69) is 4.98 Å². The Labute approximate surface area is 104 Å². The van der Waals surface area contributed by atoms with Crippen LogP contribution in [-0.2, 0) is 0 Å². The molecule has 96 valence electrons. The minimum Gasteiger partial charge on any atom is -0.395 e. The summed E-state index contributed by atoms with van der Waals surface area (Å²) >= 11 is 0. The van der Waals surface area contributed by atoms with Crippen molar-refractivity contribution >= 4 is 11.6 Å². The molecule has 2 aromatic rings. The van der Waals surface area contributed by atoms with E-state index in [1.807, 2.05) is 18.3 Å². The van der Waals surface area contributed by atoms with Crippen LogP contribution in [0.15, 0.2) is 30.6 Å². The second-order valence-electron chi connectivity index (χ2n) is 3.83. The van der Waals surface area contributed by atoms with Crippen LogP contribution >= 0.6 is 0 Å². The molecule has 2 aromatic heterocycles. The summed E-state index contributed by atoms with van der Waals surface area (Å²) in [6.45, 7) is 0.0960. The Morgan fingerprint density at radius 1 is 1.28 bits per heavy atom. The van der Waals surface area contributed by atoms with E-state index in [0.29, 0.717) is 11.3 Å². The van der Waals surface area contributed by atoms with Gasteiger partial charge in [0.05, 0.1) is 13.2 Å². The number of nitrogens with zero attached hydrogens (tertiary/aromatic N) is 3. The fourth-order valence-electron chi connectivity index (χ4n) is 1.76. The first-order chi connectivity index (χ1) is 8.76. The number of hydrogen-bond donors (Lipinski definition) is 2. The maximum atomic E-state index is 12.1. The molecule has 6 nitrogen and oxygen atoms in total. The molecule has 0 fully saturated rings. The molecule has 2 heterocycles. The molecule has 0 atom stereocenters. The van der Waals surface area contributed by atoms with E-state index in [-0.39, 0.29) is 32.2 Å². The average Bonchev–Trinajstić information content (AvgIpc) is 2.81. The summed E-state index contributed by atoms with van der Waals surface area (Å²) < 4.78 is 1.75. The van der Waals surface area contributed by atoms with Gasteiger partial charge in [-0.05, 0) is 12.1 Å². The van der Waals surface area contributed by atoms with Crippen LogP contribution in [0.3, 0.4) is 0 Å². The molecule has 0 unspecified atom stereocenters. The zero-order chi connectivity index (χ0) is 13.0. The van der Waals surface area contributed by atoms with Crippen molar-refractivity contribution in [1.82, 2.24) is 14.3 Å². The standard InChI is InChI=1S/C12H15N3O3/c16-7-5-14(6-8-17)12(18)10-9-15-4-2-1-3-11(15)13-10/h1-4,9,16-17H,5-8H2. The third-order valence-electron chi connectivity index (χ3n) is 2.61. The summed E-state index contributed by atoms with van der Waals surface area (Å²) in [4.78, 5) is 17.7. The van der Waals surface area contributed by atoms with Crippen LogP contribution in [0.1, 0.15) is 10.5 Å². The Hall–Kier alpha value is -1.92. The van der Waals surface area contributed by atoms with Gasteiger partial charge in [-0.3, -0.25) is 4.79 Å². The van der Waals surface area contributed by atoms with Crippen LogP contribution in [-0.4, -0.2) is 56.7 Å². The lowest BCUT2D eigenvalue weighted by atomic mass is 10.3. The zero-order valence-corrected chi connectivity index (χ0v) is 9.86. The monoisotopic (exact) mass is 249 g/mol. The molecule has 0 radical (unpaired) electrons. The van der Waals surface area contributed by atoms with Crippen molar-refractivity contribution < 1.29 is 15.0 Å². The highest BCUT2D eigenvalue weighted by Crippen LogP contribution is 2.07. The van der Waals surface area contributed by atoms with E-state index in [1.54, 1.807) is 16.7 Å². The summed E-state index contributed by atoms with van der Waals surface area (Å²) in [5.41, 5.74) is 0.997. The number of aromatic nitrogens is 2. The van der Waals surface area contributed by atoms with Gasteiger partial charge < -0.3 is 19.5 Å². The highest BCUT2D eigenvalue weighted by molar-refractivity contribution is 5.92. The van der Waals surface area contributed by atoms with E-state index >= 15 is 0 Å². The lowest BCUT2D eigenvalue weighted by Gasteiger charge is -2.19. The summed E-state index contributed by atoms with van der Waals surface area (Å²) in [5, 5.41) is 17.8. The van der Waals surface area contributed by atoms with Crippen LogP contribution in [0.2, 0.25) is 0 Å². The first kappa shape index (κ1) is 12.5. The third-order valence-corrected chi connectivity index (χ3v) is 2.61. The summed E-state index contributed by atoms with van der Waals surface area (Å²) in [6.07, 6.45) is 3.45. The highest BCUT2D eigenvalue weighted by atomic mass is 16.3. The second-order valence-corrected chi connectivity index (χ2v) is 3.83. The quantitative estimate of drug-likeness (QED) is 0.766.